The maximum atomic E-state index is 10.7. The molecule has 63 heavy (non-hydrogen) atoms. The van der Waals surface area contributed by atoms with E-state index in [0.29, 0.717) is 31.4 Å². The van der Waals surface area contributed by atoms with Crippen LogP contribution in [0.3, 0.4) is 0 Å². The van der Waals surface area contributed by atoms with E-state index in [0.717, 1.165) is 97.8 Å². The normalized spacial score (nSPS) is 12.8. The lowest BCUT2D eigenvalue weighted by molar-refractivity contribution is -0.0848. The number of aryl methyl sites for hydroxylation is 2. The smallest absolute Gasteiger partial charge is 0.120 e. The molecule has 4 aromatic carbocycles. The molecular formula is C55H82O8. The summed E-state index contributed by atoms with van der Waals surface area (Å²) < 4.78 is 5.98. The Hall–Kier alpha value is -3.60. The third-order valence-electron chi connectivity index (χ3n) is 14.3. The van der Waals surface area contributed by atoms with Crippen LogP contribution in [0.5, 0.6) is 5.75 Å². The summed E-state index contributed by atoms with van der Waals surface area (Å²) in [7, 11) is 0. The molecule has 0 aliphatic rings. The molecule has 350 valence electrons. The lowest BCUT2D eigenvalue weighted by atomic mass is 9.71. The molecule has 0 aromatic heterocycles. The summed E-state index contributed by atoms with van der Waals surface area (Å²) in [5, 5.41) is 69.6. The highest BCUT2D eigenvalue weighted by molar-refractivity contribution is 5.36. The molecule has 0 fully saturated rings. The van der Waals surface area contributed by atoms with Crippen molar-refractivity contribution < 1.29 is 40.5 Å². The van der Waals surface area contributed by atoms with Crippen LogP contribution >= 0.6 is 0 Å². The number of aliphatic hydroxyl groups is 7. The number of hydrogen-bond acceptors (Lipinski definition) is 8. The van der Waals surface area contributed by atoms with Gasteiger partial charge in [-0.2, -0.15) is 0 Å². The average Bonchev–Trinajstić information content (AvgIpc) is 3.33. The molecule has 0 aliphatic heterocycles. The van der Waals surface area contributed by atoms with E-state index >= 15 is 0 Å². The number of hydrogen-bond donors (Lipinski definition) is 7. The van der Waals surface area contributed by atoms with Crippen molar-refractivity contribution in [2.75, 3.05) is 0 Å². The summed E-state index contributed by atoms with van der Waals surface area (Å²) in [5.74, 6) is 0.751. The van der Waals surface area contributed by atoms with E-state index in [9.17, 15) is 35.7 Å². The third kappa shape index (κ3) is 15.2. The number of aliphatic hydroxyl groups excluding tert-OH is 5. The number of ether oxygens (including phenoxy) is 1. The second-order valence-corrected chi connectivity index (χ2v) is 18.4. The molecule has 0 amide bonds. The van der Waals surface area contributed by atoms with Gasteiger partial charge in [0, 0.05) is 0 Å². The monoisotopic (exact) mass is 871 g/mol. The van der Waals surface area contributed by atoms with Gasteiger partial charge in [0.25, 0.3) is 0 Å². The molecule has 7 N–H and O–H groups in total. The van der Waals surface area contributed by atoms with Gasteiger partial charge in [0.1, 0.15) is 12.4 Å². The van der Waals surface area contributed by atoms with Gasteiger partial charge in [-0.05, 0) is 163 Å². The minimum Gasteiger partial charge on any atom is -0.489 e. The largest absolute Gasteiger partial charge is 0.489 e. The van der Waals surface area contributed by atoms with Crippen molar-refractivity contribution in [3.8, 4) is 5.75 Å². The van der Waals surface area contributed by atoms with E-state index in [1.54, 1.807) is 0 Å². The van der Waals surface area contributed by atoms with E-state index in [-0.39, 0.29) is 37.3 Å². The van der Waals surface area contributed by atoms with Crippen LogP contribution < -0.4 is 4.74 Å². The highest BCUT2D eigenvalue weighted by Crippen LogP contribution is 2.39. The van der Waals surface area contributed by atoms with Crippen molar-refractivity contribution >= 4 is 0 Å². The van der Waals surface area contributed by atoms with E-state index in [1.807, 2.05) is 62.4 Å². The van der Waals surface area contributed by atoms with E-state index in [1.165, 1.54) is 16.7 Å². The summed E-state index contributed by atoms with van der Waals surface area (Å²) in [6.45, 7) is 16.9. The molecule has 0 spiro atoms. The Kier molecular flexibility index (Phi) is 22.0. The van der Waals surface area contributed by atoms with Crippen LogP contribution in [0.4, 0.5) is 0 Å². The van der Waals surface area contributed by atoms with E-state index in [4.69, 9.17) is 4.74 Å². The fourth-order valence-electron chi connectivity index (χ4n) is 8.87. The molecule has 0 saturated carbocycles. The van der Waals surface area contributed by atoms with Crippen molar-refractivity contribution in [1.29, 1.82) is 0 Å². The van der Waals surface area contributed by atoms with E-state index in [2.05, 4.69) is 77.9 Å². The van der Waals surface area contributed by atoms with Crippen LogP contribution in [0.15, 0.2) is 84.9 Å². The molecule has 4 rings (SSSR count). The molecule has 1 unspecified atom stereocenters. The van der Waals surface area contributed by atoms with Crippen LogP contribution in [0.25, 0.3) is 0 Å². The van der Waals surface area contributed by atoms with Gasteiger partial charge in [-0.15, -0.1) is 0 Å². The fourth-order valence-corrected chi connectivity index (χ4v) is 8.87. The van der Waals surface area contributed by atoms with Gasteiger partial charge in [-0.25, -0.2) is 0 Å². The van der Waals surface area contributed by atoms with Crippen molar-refractivity contribution in [2.45, 2.75) is 200 Å². The Morgan fingerprint density at radius 2 is 1.05 bits per heavy atom. The molecule has 0 radical (unpaired) electrons. The Balaban J connectivity index is 0.000000335. The molecule has 8 nitrogen and oxygen atoms in total. The van der Waals surface area contributed by atoms with Gasteiger partial charge in [-0.1, -0.05) is 122 Å². The van der Waals surface area contributed by atoms with E-state index < -0.39 is 17.3 Å². The van der Waals surface area contributed by atoms with Gasteiger partial charge < -0.3 is 40.5 Å². The minimum atomic E-state index is -1.03. The third-order valence-corrected chi connectivity index (χ3v) is 14.3. The fraction of sp³-hybridized carbons (Fsp3) is 0.564. The predicted molar refractivity (Wildman–Crippen MR) is 257 cm³/mol. The van der Waals surface area contributed by atoms with Crippen molar-refractivity contribution in [1.82, 2.24) is 0 Å². The lowest BCUT2D eigenvalue weighted by Crippen LogP contribution is -2.41. The summed E-state index contributed by atoms with van der Waals surface area (Å²) in [4.78, 5) is 0. The van der Waals surface area contributed by atoms with Gasteiger partial charge >= 0.3 is 0 Å². The van der Waals surface area contributed by atoms with Crippen LogP contribution in [-0.2, 0) is 56.7 Å². The molecule has 0 saturated heterocycles. The average molecular weight is 871 g/mol. The molecule has 0 bridgehead atoms. The van der Waals surface area contributed by atoms with Crippen molar-refractivity contribution in [2.24, 2.45) is 0 Å². The van der Waals surface area contributed by atoms with Gasteiger partial charge in [0.05, 0.1) is 43.7 Å². The zero-order chi connectivity index (χ0) is 46.7. The van der Waals surface area contributed by atoms with Crippen LogP contribution in [0, 0.1) is 0 Å². The number of benzene rings is 4. The predicted octanol–water partition coefficient (Wildman–Crippen LogP) is 10.5. The summed E-state index contributed by atoms with van der Waals surface area (Å²) in [5.41, 5.74) is 7.44. The SMILES string of the molecule is CCC(O)(CC)C(O)CCC(C)(C)c1cccc(OCc2ccc(CO)c(CO)c2)c1.CCC(O)(CC)CCCC(CC)(CC)c1cccc(CCc2ccc(CO)c(CO)c2)c1. The summed E-state index contributed by atoms with van der Waals surface area (Å²) in [6.07, 6.45) is 10.3. The zero-order valence-electron chi connectivity index (χ0n) is 39.9. The first-order chi connectivity index (χ1) is 30.1. The van der Waals surface area contributed by atoms with Crippen LogP contribution in [0.2, 0.25) is 0 Å². The first-order valence-corrected chi connectivity index (χ1v) is 23.7. The van der Waals surface area contributed by atoms with Gasteiger partial charge in [-0.3, -0.25) is 0 Å². The minimum absolute atomic E-state index is 0.0394. The first-order valence-electron chi connectivity index (χ1n) is 23.7. The standard InChI is InChI=1S/C29H44O3.C26H38O5/c1-5-28(6-2,17-10-18-29(32,7-3)8-4)27-12-9-11-23(20-27)13-14-24-15-16-25(21-30)26(19-24)22-31;1-5-26(30,6-2)24(29)12-13-25(3,4)22-8-7-9-23(15-22)31-18-19-10-11-20(16-27)21(14-19)17-28/h9,11-12,15-16,19-20,30-32H,5-8,10,13-14,17-18,21-22H2,1-4H3;7-11,14-15,24,27-30H,5-6,12-13,16-18H2,1-4H3. The lowest BCUT2D eigenvalue weighted by Gasteiger charge is -2.34. The highest BCUT2D eigenvalue weighted by Gasteiger charge is 2.34. The Labute approximate surface area is 380 Å². The summed E-state index contributed by atoms with van der Waals surface area (Å²) >= 11 is 0. The Morgan fingerprint density at radius 3 is 1.59 bits per heavy atom. The Morgan fingerprint density at radius 1 is 0.524 bits per heavy atom. The van der Waals surface area contributed by atoms with Crippen molar-refractivity contribution in [3.05, 3.63) is 135 Å². The zero-order valence-corrected chi connectivity index (χ0v) is 39.9. The highest BCUT2D eigenvalue weighted by atomic mass is 16.5. The van der Waals surface area contributed by atoms with Gasteiger partial charge in [0.15, 0.2) is 0 Å². The molecule has 4 aromatic rings. The second-order valence-electron chi connectivity index (χ2n) is 18.4. The molecule has 0 aliphatic carbocycles. The maximum absolute atomic E-state index is 10.7. The van der Waals surface area contributed by atoms with Crippen LogP contribution in [-0.4, -0.2) is 53.1 Å². The number of rotatable bonds is 26. The molecular weight excluding hydrogens is 789 g/mol. The van der Waals surface area contributed by atoms with Crippen LogP contribution in [0.1, 0.15) is 176 Å². The van der Waals surface area contributed by atoms with Crippen molar-refractivity contribution in [3.63, 3.8) is 0 Å². The molecule has 8 heteroatoms. The quantitative estimate of drug-likeness (QED) is 0.0330. The van der Waals surface area contributed by atoms with Gasteiger partial charge in [0.2, 0.25) is 0 Å². The second kappa shape index (κ2) is 25.8. The maximum Gasteiger partial charge on any atom is 0.120 e. The summed E-state index contributed by atoms with van der Waals surface area (Å²) in [6, 6.07) is 28.6. The molecule has 0 heterocycles. The first kappa shape index (κ1) is 53.7. The molecule has 1 atom stereocenters. The topological polar surface area (TPSA) is 151 Å². The Bertz CT molecular complexity index is 1920.